The number of rotatable bonds is 18. The normalized spacial score (nSPS) is 16.1. The summed E-state index contributed by atoms with van der Waals surface area (Å²) < 4.78 is 5.11. The molecule has 7 amide bonds. The SMILES string of the molecule is COCc1ccc(NC(=O)[C@@H](CCCNC(N)=O)NC(=O)[C@H](NC(=O)CCCCCN2C(=O)CC(C)C2=O)C(C)C)cc1. The van der Waals surface area contributed by atoms with Crippen LogP contribution in [-0.2, 0) is 35.3 Å². The summed E-state index contributed by atoms with van der Waals surface area (Å²) >= 11 is 0. The molecule has 1 fully saturated rings. The van der Waals surface area contributed by atoms with Gasteiger partial charge in [-0.3, -0.25) is 28.9 Å². The van der Waals surface area contributed by atoms with Gasteiger partial charge < -0.3 is 31.7 Å². The van der Waals surface area contributed by atoms with Crippen molar-refractivity contribution < 1.29 is 33.5 Å². The van der Waals surface area contributed by atoms with E-state index in [0.717, 1.165) is 5.56 Å². The highest BCUT2D eigenvalue weighted by Crippen LogP contribution is 2.19. The molecule has 0 bridgehead atoms. The van der Waals surface area contributed by atoms with Crippen molar-refractivity contribution >= 4 is 41.3 Å². The molecule has 1 saturated heterocycles. The highest BCUT2D eigenvalue weighted by molar-refractivity contribution is 6.03. The van der Waals surface area contributed by atoms with Crippen molar-refractivity contribution in [3.63, 3.8) is 0 Å². The first-order chi connectivity index (χ1) is 20.4. The number of primary amides is 1. The highest BCUT2D eigenvalue weighted by Gasteiger charge is 2.35. The average molecular weight is 603 g/mol. The molecule has 0 saturated carbocycles. The van der Waals surface area contributed by atoms with E-state index in [4.69, 9.17) is 10.5 Å². The first kappa shape index (κ1) is 35.2. The molecule has 1 aliphatic rings. The molecule has 1 heterocycles. The second kappa shape index (κ2) is 17.8. The first-order valence-corrected chi connectivity index (χ1v) is 14.8. The fraction of sp³-hybridized carbons (Fsp3) is 0.600. The van der Waals surface area contributed by atoms with Gasteiger partial charge in [0.15, 0.2) is 0 Å². The van der Waals surface area contributed by atoms with Gasteiger partial charge in [0, 0.05) is 44.6 Å². The fourth-order valence-corrected chi connectivity index (χ4v) is 4.72. The number of amides is 7. The predicted molar refractivity (Wildman–Crippen MR) is 160 cm³/mol. The number of hydrogen-bond acceptors (Lipinski definition) is 7. The van der Waals surface area contributed by atoms with Gasteiger partial charge in [0.2, 0.25) is 29.5 Å². The van der Waals surface area contributed by atoms with Crippen LogP contribution in [0.1, 0.15) is 71.3 Å². The summed E-state index contributed by atoms with van der Waals surface area (Å²) in [6, 6.07) is 4.62. The number of carbonyl (C=O) groups is 6. The number of nitrogens with two attached hydrogens (primary N) is 1. The summed E-state index contributed by atoms with van der Waals surface area (Å²) in [5, 5.41) is 10.8. The largest absolute Gasteiger partial charge is 0.380 e. The van der Waals surface area contributed by atoms with Gasteiger partial charge in [0.05, 0.1) is 6.61 Å². The Kier molecular flexibility index (Phi) is 14.6. The Morgan fingerprint density at radius 2 is 1.70 bits per heavy atom. The lowest BCUT2D eigenvalue weighted by molar-refractivity contribution is -0.139. The predicted octanol–water partition coefficient (Wildman–Crippen LogP) is 1.80. The van der Waals surface area contributed by atoms with Crippen molar-refractivity contribution in [3.8, 4) is 0 Å². The van der Waals surface area contributed by atoms with Gasteiger partial charge in [-0.1, -0.05) is 39.3 Å². The number of nitrogens with one attached hydrogen (secondary N) is 4. The maximum Gasteiger partial charge on any atom is 0.312 e. The van der Waals surface area contributed by atoms with Gasteiger partial charge in [-0.15, -0.1) is 0 Å². The standard InChI is InChI=1S/C30H46N6O7/c1-19(2)26(35-24(37)10-6-5-7-16-36-25(38)17-20(3)29(36)41)28(40)34-23(9-8-15-32-30(31)42)27(39)33-22-13-11-21(12-14-22)18-43-4/h11-14,19-20,23,26H,5-10,15-18H2,1-4H3,(H,33,39)(H,34,40)(H,35,37)(H3,31,32,42)/t20?,23-,26-/m1/s1. The number of likely N-dealkylation sites (tertiary alicyclic amines) is 1. The van der Waals surface area contributed by atoms with Crippen LogP contribution in [0.15, 0.2) is 24.3 Å². The number of unbranched alkanes of at least 4 members (excludes halogenated alkanes) is 2. The lowest BCUT2D eigenvalue weighted by Crippen LogP contribution is -2.54. The second-order valence-corrected chi connectivity index (χ2v) is 11.2. The quantitative estimate of drug-likeness (QED) is 0.125. The zero-order valence-electron chi connectivity index (χ0n) is 25.6. The van der Waals surface area contributed by atoms with E-state index in [0.29, 0.717) is 44.5 Å². The van der Waals surface area contributed by atoms with Crippen LogP contribution in [0.25, 0.3) is 0 Å². The summed E-state index contributed by atoms with van der Waals surface area (Å²) in [5.74, 6) is -2.08. The van der Waals surface area contributed by atoms with Crippen LogP contribution in [0.3, 0.4) is 0 Å². The third-order valence-corrected chi connectivity index (χ3v) is 7.15. The molecule has 1 aromatic carbocycles. The lowest BCUT2D eigenvalue weighted by atomic mass is 10.0. The number of nitrogens with zero attached hydrogens (tertiary/aromatic N) is 1. The summed E-state index contributed by atoms with van der Waals surface area (Å²) in [4.78, 5) is 75.4. The van der Waals surface area contributed by atoms with E-state index in [1.807, 2.05) is 12.1 Å². The smallest absolute Gasteiger partial charge is 0.312 e. The number of benzene rings is 1. The number of methoxy groups -OCH3 is 1. The number of carbonyl (C=O) groups excluding carboxylic acids is 6. The van der Waals surface area contributed by atoms with Crippen LogP contribution in [0.5, 0.6) is 0 Å². The van der Waals surface area contributed by atoms with Crippen LogP contribution in [0, 0.1) is 11.8 Å². The van der Waals surface area contributed by atoms with Crippen molar-refractivity contribution in [2.45, 2.75) is 84.4 Å². The molecule has 43 heavy (non-hydrogen) atoms. The summed E-state index contributed by atoms with van der Waals surface area (Å²) in [7, 11) is 1.59. The average Bonchev–Trinajstić information content (AvgIpc) is 3.19. The molecular weight excluding hydrogens is 556 g/mol. The number of hydrogen-bond donors (Lipinski definition) is 5. The van der Waals surface area contributed by atoms with Gasteiger partial charge in [0.1, 0.15) is 12.1 Å². The maximum absolute atomic E-state index is 13.3. The molecule has 1 aliphatic heterocycles. The molecule has 0 aromatic heterocycles. The Morgan fingerprint density at radius 3 is 2.28 bits per heavy atom. The monoisotopic (exact) mass is 602 g/mol. The van der Waals surface area contributed by atoms with Crippen molar-refractivity contribution in [2.24, 2.45) is 17.6 Å². The number of ether oxygens (including phenoxy) is 1. The Balaban J connectivity index is 1.92. The number of urea groups is 1. The molecule has 0 aliphatic carbocycles. The summed E-state index contributed by atoms with van der Waals surface area (Å²) in [6.07, 6.45) is 2.79. The number of anilines is 1. The van der Waals surface area contributed by atoms with E-state index in [1.165, 1.54) is 4.90 Å². The zero-order chi connectivity index (χ0) is 31.9. The van der Waals surface area contributed by atoms with E-state index in [1.54, 1.807) is 40.0 Å². The van der Waals surface area contributed by atoms with Crippen LogP contribution in [0.2, 0.25) is 0 Å². The zero-order valence-corrected chi connectivity index (χ0v) is 25.6. The van der Waals surface area contributed by atoms with Crippen molar-refractivity contribution in [1.29, 1.82) is 0 Å². The van der Waals surface area contributed by atoms with Crippen LogP contribution < -0.4 is 27.0 Å². The summed E-state index contributed by atoms with van der Waals surface area (Å²) in [6.45, 7) is 6.33. The van der Waals surface area contributed by atoms with Gasteiger partial charge in [-0.05, 0) is 49.3 Å². The first-order valence-electron chi connectivity index (χ1n) is 14.8. The van der Waals surface area contributed by atoms with E-state index in [2.05, 4.69) is 21.3 Å². The van der Waals surface area contributed by atoms with Crippen LogP contribution in [-0.4, -0.2) is 72.7 Å². The molecular formula is C30H46N6O7. The van der Waals surface area contributed by atoms with Crippen molar-refractivity contribution in [3.05, 3.63) is 29.8 Å². The molecule has 0 spiro atoms. The molecule has 0 radical (unpaired) electrons. The molecule has 1 aromatic rings. The van der Waals surface area contributed by atoms with E-state index in [-0.39, 0.29) is 55.4 Å². The number of imide groups is 1. The van der Waals surface area contributed by atoms with Gasteiger partial charge >= 0.3 is 6.03 Å². The van der Waals surface area contributed by atoms with E-state index in [9.17, 15) is 28.8 Å². The molecule has 3 atom stereocenters. The molecule has 1 unspecified atom stereocenters. The molecule has 13 nitrogen and oxygen atoms in total. The minimum Gasteiger partial charge on any atom is -0.380 e. The Labute approximate surface area is 253 Å². The van der Waals surface area contributed by atoms with Gasteiger partial charge in [0.25, 0.3) is 0 Å². The van der Waals surface area contributed by atoms with E-state index < -0.39 is 29.9 Å². The third kappa shape index (κ3) is 12.0. The molecule has 6 N–H and O–H groups in total. The Morgan fingerprint density at radius 1 is 1.00 bits per heavy atom. The van der Waals surface area contributed by atoms with Crippen LogP contribution >= 0.6 is 0 Å². The minimum absolute atomic E-state index is 0.148. The minimum atomic E-state index is -0.933. The summed E-state index contributed by atoms with van der Waals surface area (Å²) in [5.41, 5.74) is 6.60. The fourth-order valence-electron chi connectivity index (χ4n) is 4.72. The Bertz CT molecular complexity index is 1120. The van der Waals surface area contributed by atoms with Crippen LogP contribution in [0.4, 0.5) is 10.5 Å². The van der Waals surface area contributed by atoms with Gasteiger partial charge in [-0.25, -0.2) is 4.79 Å². The van der Waals surface area contributed by atoms with Crippen molar-refractivity contribution in [2.75, 3.05) is 25.5 Å². The van der Waals surface area contributed by atoms with Gasteiger partial charge in [-0.2, -0.15) is 0 Å². The molecule has 2 rings (SSSR count). The highest BCUT2D eigenvalue weighted by atomic mass is 16.5. The third-order valence-electron chi connectivity index (χ3n) is 7.15. The molecule has 238 valence electrons. The van der Waals surface area contributed by atoms with Crippen molar-refractivity contribution in [1.82, 2.24) is 20.9 Å². The second-order valence-electron chi connectivity index (χ2n) is 11.2. The maximum atomic E-state index is 13.3. The lowest BCUT2D eigenvalue weighted by Gasteiger charge is -2.25. The topological polar surface area (TPSA) is 189 Å². The van der Waals surface area contributed by atoms with E-state index >= 15 is 0 Å². The molecule has 13 heteroatoms. The Hall–Kier alpha value is -4.00.